The van der Waals surface area contributed by atoms with Crippen LogP contribution < -0.4 is 5.56 Å². The van der Waals surface area contributed by atoms with Gasteiger partial charge in [0.25, 0.3) is 5.91 Å². The summed E-state index contributed by atoms with van der Waals surface area (Å²) in [6, 6.07) is 4.72. The van der Waals surface area contributed by atoms with Crippen LogP contribution in [-0.2, 0) is 0 Å². The zero-order valence-corrected chi connectivity index (χ0v) is 13.0. The normalized spacial score (nSPS) is 16.4. The van der Waals surface area contributed by atoms with Gasteiger partial charge in [-0.05, 0) is 37.9 Å². The number of amides is 1. The monoisotopic (exact) mass is 291 g/mol. The van der Waals surface area contributed by atoms with E-state index in [1.165, 1.54) is 6.07 Å². The van der Waals surface area contributed by atoms with Crippen molar-refractivity contribution in [1.82, 2.24) is 14.8 Å². The molecule has 0 spiro atoms. The Balaban J connectivity index is 1.89. The van der Waals surface area contributed by atoms with Crippen LogP contribution in [0.4, 0.5) is 0 Å². The minimum atomic E-state index is -0.225. The molecule has 0 radical (unpaired) electrons. The Morgan fingerprint density at radius 3 is 2.52 bits per heavy atom. The predicted octanol–water partition coefficient (Wildman–Crippen LogP) is 1.57. The fraction of sp³-hybridized carbons (Fsp3) is 0.625. The number of hydrogen-bond donors (Lipinski definition) is 1. The van der Waals surface area contributed by atoms with Gasteiger partial charge in [0.2, 0.25) is 5.56 Å². The van der Waals surface area contributed by atoms with Crippen molar-refractivity contribution in [3.05, 3.63) is 34.2 Å². The standard InChI is InChI=1S/C16H25N3O2/c1-3-18(4-2)12-13-8-10-19(11-9-13)16(21)14-6-5-7-15(20)17-14/h5-7,13H,3-4,8-12H2,1-2H3,(H,17,20). The van der Waals surface area contributed by atoms with Crippen LogP contribution in [-0.4, -0.2) is 53.4 Å². The first-order valence-electron chi connectivity index (χ1n) is 7.85. The molecule has 2 rings (SSSR count). The van der Waals surface area contributed by atoms with E-state index in [1.54, 1.807) is 12.1 Å². The van der Waals surface area contributed by atoms with Gasteiger partial charge in [-0.3, -0.25) is 9.59 Å². The van der Waals surface area contributed by atoms with E-state index < -0.39 is 0 Å². The van der Waals surface area contributed by atoms with E-state index in [-0.39, 0.29) is 11.5 Å². The number of piperidine rings is 1. The van der Waals surface area contributed by atoms with Gasteiger partial charge in [-0.25, -0.2) is 0 Å². The maximum Gasteiger partial charge on any atom is 0.270 e. The zero-order valence-electron chi connectivity index (χ0n) is 13.0. The average Bonchev–Trinajstić information content (AvgIpc) is 2.52. The molecule has 21 heavy (non-hydrogen) atoms. The molecule has 0 aliphatic carbocycles. The van der Waals surface area contributed by atoms with Crippen LogP contribution in [0.15, 0.2) is 23.0 Å². The number of carbonyl (C=O) groups is 1. The van der Waals surface area contributed by atoms with Crippen molar-refractivity contribution >= 4 is 5.91 Å². The third-order valence-electron chi connectivity index (χ3n) is 4.31. The molecule has 1 aromatic heterocycles. The molecule has 0 unspecified atom stereocenters. The quantitative estimate of drug-likeness (QED) is 0.896. The van der Waals surface area contributed by atoms with Crippen LogP contribution in [0.2, 0.25) is 0 Å². The van der Waals surface area contributed by atoms with Crippen molar-refractivity contribution in [2.24, 2.45) is 5.92 Å². The van der Waals surface area contributed by atoms with Crippen molar-refractivity contribution in [3.63, 3.8) is 0 Å². The Labute approximate surface area is 126 Å². The summed E-state index contributed by atoms with van der Waals surface area (Å²) in [6.45, 7) is 9.23. The Bertz CT molecular complexity index is 514. The number of rotatable bonds is 5. The lowest BCUT2D eigenvalue weighted by atomic mass is 9.96. The van der Waals surface area contributed by atoms with Gasteiger partial charge in [0, 0.05) is 25.7 Å². The Hall–Kier alpha value is -1.62. The number of nitrogens with zero attached hydrogens (tertiary/aromatic N) is 2. The van der Waals surface area contributed by atoms with Crippen LogP contribution in [0.1, 0.15) is 37.2 Å². The predicted molar refractivity (Wildman–Crippen MR) is 83.5 cm³/mol. The fourth-order valence-corrected chi connectivity index (χ4v) is 2.91. The highest BCUT2D eigenvalue weighted by Gasteiger charge is 2.24. The van der Waals surface area contributed by atoms with Crippen LogP contribution in [0.5, 0.6) is 0 Å². The number of H-pyrrole nitrogens is 1. The van der Waals surface area contributed by atoms with E-state index in [9.17, 15) is 9.59 Å². The van der Waals surface area contributed by atoms with Gasteiger partial charge in [-0.15, -0.1) is 0 Å². The van der Waals surface area contributed by atoms with Gasteiger partial charge in [-0.1, -0.05) is 19.9 Å². The third kappa shape index (κ3) is 4.17. The van der Waals surface area contributed by atoms with Gasteiger partial charge >= 0.3 is 0 Å². The van der Waals surface area contributed by atoms with Crippen molar-refractivity contribution in [1.29, 1.82) is 0 Å². The molecular formula is C16H25N3O2. The second-order valence-electron chi connectivity index (χ2n) is 5.65. The molecule has 0 atom stereocenters. The maximum absolute atomic E-state index is 12.3. The van der Waals surface area contributed by atoms with Crippen molar-refractivity contribution in [2.75, 3.05) is 32.7 Å². The van der Waals surface area contributed by atoms with E-state index in [0.717, 1.165) is 45.6 Å². The number of carbonyl (C=O) groups excluding carboxylic acids is 1. The summed E-state index contributed by atoms with van der Waals surface area (Å²) < 4.78 is 0. The highest BCUT2D eigenvalue weighted by molar-refractivity contribution is 5.92. The lowest BCUT2D eigenvalue weighted by Crippen LogP contribution is -2.42. The van der Waals surface area contributed by atoms with Crippen LogP contribution in [0, 0.1) is 5.92 Å². The summed E-state index contributed by atoms with van der Waals surface area (Å²) in [6.07, 6.45) is 2.08. The number of likely N-dealkylation sites (tertiary alicyclic amines) is 1. The van der Waals surface area contributed by atoms with Crippen molar-refractivity contribution < 1.29 is 4.79 Å². The molecule has 1 saturated heterocycles. The minimum absolute atomic E-state index is 0.0611. The Kier molecular flexibility index (Phi) is 5.56. The largest absolute Gasteiger partial charge is 0.337 e. The van der Waals surface area contributed by atoms with Gasteiger partial charge in [0.1, 0.15) is 5.69 Å². The molecule has 0 aromatic carbocycles. The number of aromatic nitrogens is 1. The average molecular weight is 291 g/mol. The second kappa shape index (κ2) is 7.41. The summed E-state index contributed by atoms with van der Waals surface area (Å²) in [7, 11) is 0. The molecule has 5 nitrogen and oxygen atoms in total. The number of pyridine rings is 1. The topological polar surface area (TPSA) is 56.4 Å². The van der Waals surface area contributed by atoms with Crippen molar-refractivity contribution in [2.45, 2.75) is 26.7 Å². The summed E-state index contributed by atoms with van der Waals surface area (Å²) in [4.78, 5) is 30.5. The number of hydrogen-bond acceptors (Lipinski definition) is 3. The molecule has 1 N–H and O–H groups in total. The Morgan fingerprint density at radius 1 is 1.29 bits per heavy atom. The van der Waals surface area contributed by atoms with Gasteiger partial charge < -0.3 is 14.8 Å². The van der Waals surface area contributed by atoms with Crippen LogP contribution in [0.3, 0.4) is 0 Å². The minimum Gasteiger partial charge on any atom is -0.337 e. The van der Waals surface area contributed by atoms with Crippen LogP contribution in [0.25, 0.3) is 0 Å². The van der Waals surface area contributed by atoms with E-state index >= 15 is 0 Å². The number of nitrogens with one attached hydrogen (secondary N) is 1. The van der Waals surface area contributed by atoms with Gasteiger partial charge in [0.15, 0.2) is 0 Å². The van der Waals surface area contributed by atoms with Crippen LogP contribution >= 0.6 is 0 Å². The zero-order chi connectivity index (χ0) is 15.2. The first-order valence-corrected chi connectivity index (χ1v) is 7.85. The highest BCUT2D eigenvalue weighted by Crippen LogP contribution is 2.19. The molecule has 1 fully saturated rings. The lowest BCUT2D eigenvalue weighted by Gasteiger charge is -2.34. The van der Waals surface area contributed by atoms with E-state index in [4.69, 9.17) is 0 Å². The SMILES string of the molecule is CCN(CC)CC1CCN(C(=O)c2cccc(=O)[nH]2)CC1. The first kappa shape index (κ1) is 15.8. The first-order chi connectivity index (χ1) is 10.1. The highest BCUT2D eigenvalue weighted by atomic mass is 16.2. The summed E-state index contributed by atoms with van der Waals surface area (Å²) in [5, 5.41) is 0. The molecule has 1 aliphatic heterocycles. The lowest BCUT2D eigenvalue weighted by molar-refractivity contribution is 0.0663. The van der Waals surface area contributed by atoms with E-state index in [2.05, 4.69) is 23.7 Å². The summed E-state index contributed by atoms with van der Waals surface area (Å²) in [5.74, 6) is 0.609. The number of aromatic amines is 1. The maximum atomic E-state index is 12.3. The molecule has 0 saturated carbocycles. The van der Waals surface area contributed by atoms with Crippen molar-refractivity contribution in [3.8, 4) is 0 Å². The molecule has 1 aliphatic rings. The molecule has 116 valence electrons. The van der Waals surface area contributed by atoms with E-state index in [0.29, 0.717) is 11.6 Å². The molecule has 5 heteroatoms. The Morgan fingerprint density at radius 2 is 1.95 bits per heavy atom. The third-order valence-corrected chi connectivity index (χ3v) is 4.31. The molecular weight excluding hydrogens is 266 g/mol. The summed E-state index contributed by atoms with van der Waals surface area (Å²) in [5.41, 5.74) is 0.168. The second-order valence-corrected chi connectivity index (χ2v) is 5.65. The fourth-order valence-electron chi connectivity index (χ4n) is 2.91. The molecule has 1 amide bonds. The van der Waals surface area contributed by atoms with E-state index in [1.807, 2.05) is 4.90 Å². The molecule has 1 aromatic rings. The smallest absolute Gasteiger partial charge is 0.270 e. The molecule has 2 heterocycles. The summed E-state index contributed by atoms with van der Waals surface area (Å²) >= 11 is 0. The van der Waals surface area contributed by atoms with Gasteiger partial charge in [-0.2, -0.15) is 0 Å². The van der Waals surface area contributed by atoms with Gasteiger partial charge in [0.05, 0.1) is 0 Å². The molecule has 0 bridgehead atoms.